The molecule has 2 saturated carbocycles. The van der Waals surface area contributed by atoms with Gasteiger partial charge in [0.05, 0.1) is 0 Å². The van der Waals surface area contributed by atoms with Gasteiger partial charge in [-0.3, -0.25) is 9.59 Å². The first-order valence-corrected chi connectivity index (χ1v) is 16.1. The molecule has 3 heterocycles. The number of rotatable bonds is 5. The van der Waals surface area contributed by atoms with Crippen LogP contribution in [0.15, 0.2) is 30.3 Å². The minimum Gasteiger partial charge on any atom is -0.444 e. The Labute approximate surface area is 253 Å². The van der Waals surface area contributed by atoms with Crippen molar-refractivity contribution in [2.24, 2.45) is 0 Å². The van der Waals surface area contributed by atoms with Crippen LogP contribution in [-0.4, -0.2) is 81.5 Å². The lowest BCUT2D eigenvalue weighted by Gasteiger charge is -2.40. The summed E-state index contributed by atoms with van der Waals surface area (Å²) in [6.45, 7) is 5.94. The number of alkyl halides is 2. The van der Waals surface area contributed by atoms with Crippen LogP contribution in [-0.2, 0) is 14.3 Å². The van der Waals surface area contributed by atoms with Crippen LogP contribution in [0.3, 0.4) is 0 Å². The molecule has 2 N–H and O–H groups in total. The van der Waals surface area contributed by atoms with E-state index < -0.39 is 29.7 Å². The standard InChI is InChI=1S/C33H46F2N4O4/c1-31(2,3)43-30(42)37-26-11-9-23(36-24-13-14-33(34,35)19-24)17-25-10-12-27(39(25)28(26)40)29(41)38-20-22(18-32(38)15-16-32)21-7-5-4-6-8-21/h4-8,22-27,36H,9-20H2,1-3H3,(H,37,42)/t22-,23+,24+,25-,26+,27+/m1/s1. The maximum absolute atomic E-state index is 14.3. The summed E-state index contributed by atoms with van der Waals surface area (Å²) >= 11 is 0. The third-order valence-electron chi connectivity index (χ3n) is 10.2. The molecule has 1 aromatic carbocycles. The highest BCUT2D eigenvalue weighted by atomic mass is 19.3. The second-order valence-electron chi connectivity index (χ2n) is 14.6. The van der Waals surface area contributed by atoms with Crippen LogP contribution >= 0.6 is 0 Å². The Bertz CT molecular complexity index is 1220. The van der Waals surface area contributed by atoms with Gasteiger partial charge in [0.25, 0.3) is 0 Å². The lowest BCUT2D eigenvalue weighted by Crippen LogP contribution is -2.59. The first-order chi connectivity index (χ1) is 20.3. The smallest absolute Gasteiger partial charge is 0.408 e. The van der Waals surface area contributed by atoms with E-state index in [0.717, 1.165) is 19.3 Å². The fourth-order valence-corrected chi connectivity index (χ4v) is 8.09. The predicted octanol–water partition coefficient (Wildman–Crippen LogP) is 5.12. The van der Waals surface area contributed by atoms with E-state index in [1.807, 2.05) is 18.2 Å². The van der Waals surface area contributed by atoms with Crippen LogP contribution in [0, 0.1) is 0 Å². The molecule has 0 radical (unpaired) electrons. The van der Waals surface area contributed by atoms with Crippen molar-refractivity contribution in [1.82, 2.24) is 20.4 Å². The Morgan fingerprint density at radius 1 is 0.953 bits per heavy atom. The van der Waals surface area contributed by atoms with Crippen molar-refractivity contribution in [3.63, 3.8) is 0 Å². The molecule has 236 valence electrons. The van der Waals surface area contributed by atoms with Crippen LogP contribution in [0.25, 0.3) is 0 Å². The molecule has 5 fully saturated rings. The maximum Gasteiger partial charge on any atom is 0.408 e. The number of hydrogen-bond acceptors (Lipinski definition) is 5. The van der Waals surface area contributed by atoms with Crippen molar-refractivity contribution in [2.45, 2.75) is 145 Å². The van der Waals surface area contributed by atoms with E-state index in [0.29, 0.717) is 45.1 Å². The molecule has 8 nitrogen and oxygen atoms in total. The topological polar surface area (TPSA) is 91.0 Å². The SMILES string of the molecule is CC(C)(C)OC(=O)N[C@H]1CC[C@H](N[C@H]2CCC(F)(F)C2)C[C@H]2CC[C@@H](C(=O)N3C[C@H](c4ccccc4)CC34CC4)N2C1=O. The van der Waals surface area contributed by atoms with Crippen molar-refractivity contribution in [1.29, 1.82) is 0 Å². The molecule has 3 saturated heterocycles. The van der Waals surface area contributed by atoms with Crippen molar-refractivity contribution < 1.29 is 27.9 Å². The molecule has 5 aliphatic rings. The first kappa shape index (κ1) is 30.3. The molecule has 1 aromatic rings. The number of halogens is 2. The molecule has 10 heteroatoms. The van der Waals surface area contributed by atoms with E-state index in [9.17, 15) is 23.2 Å². The number of fused-ring (bicyclic) bond motifs is 1. The van der Waals surface area contributed by atoms with Crippen LogP contribution < -0.4 is 10.6 Å². The lowest BCUT2D eigenvalue weighted by atomic mass is 9.94. The summed E-state index contributed by atoms with van der Waals surface area (Å²) in [5.74, 6) is -2.63. The number of carbonyl (C=O) groups excluding carboxylic acids is 3. The Hall–Kier alpha value is -2.75. The number of alkyl carbamates (subject to hydrolysis) is 1. The monoisotopic (exact) mass is 600 g/mol. The van der Waals surface area contributed by atoms with Crippen molar-refractivity contribution in [2.75, 3.05) is 6.54 Å². The Kier molecular flexibility index (Phi) is 7.97. The number of ether oxygens (including phenoxy) is 1. The number of nitrogens with one attached hydrogen (secondary N) is 2. The molecule has 3 aliphatic heterocycles. The van der Waals surface area contributed by atoms with Crippen LogP contribution in [0.2, 0.25) is 0 Å². The average Bonchev–Trinajstić information content (AvgIpc) is 3.24. The first-order valence-electron chi connectivity index (χ1n) is 16.1. The van der Waals surface area contributed by atoms with Gasteiger partial charge in [0, 0.05) is 49.0 Å². The Balaban J connectivity index is 1.22. The quantitative estimate of drug-likeness (QED) is 0.490. The lowest BCUT2D eigenvalue weighted by molar-refractivity contribution is -0.148. The van der Waals surface area contributed by atoms with Gasteiger partial charge in [-0.15, -0.1) is 0 Å². The minimum absolute atomic E-state index is 0.00307. The van der Waals surface area contributed by atoms with Crippen LogP contribution in [0.4, 0.5) is 13.6 Å². The van der Waals surface area contributed by atoms with Crippen molar-refractivity contribution >= 4 is 17.9 Å². The summed E-state index contributed by atoms with van der Waals surface area (Å²) < 4.78 is 33.5. The maximum atomic E-state index is 14.3. The van der Waals surface area contributed by atoms with Gasteiger partial charge in [0.2, 0.25) is 17.7 Å². The van der Waals surface area contributed by atoms with Gasteiger partial charge in [0.15, 0.2) is 0 Å². The molecule has 6 atom stereocenters. The Morgan fingerprint density at radius 2 is 1.70 bits per heavy atom. The van der Waals surface area contributed by atoms with Gasteiger partial charge in [-0.2, -0.15) is 0 Å². The number of likely N-dealkylation sites (tertiary alicyclic amines) is 1. The molecule has 2 aliphatic carbocycles. The molecular weight excluding hydrogens is 554 g/mol. The van der Waals surface area contributed by atoms with Crippen LogP contribution in [0.1, 0.15) is 103 Å². The zero-order valence-corrected chi connectivity index (χ0v) is 25.6. The van der Waals surface area contributed by atoms with Gasteiger partial charge < -0.3 is 25.2 Å². The van der Waals surface area contributed by atoms with E-state index in [4.69, 9.17) is 4.74 Å². The zero-order valence-electron chi connectivity index (χ0n) is 25.6. The third kappa shape index (κ3) is 6.54. The molecule has 43 heavy (non-hydrogen) atoms. The van der Waals surface area contributed by atoms with E-state index in [-0.39, 0.29) is 54.2 Å². The zero-order chi connectivity index (χ0) is 30.6. The van der Waals surface area contributed by atoms with E-state index in [1.165, 1.54) is 5.56 Å². The fraction of sp³-hybridized carbons (Fsp3) is 0.727. The van der Waals surface area contributed by atoms with Gasteiger partial charge >= 0.3 is 6.09 Å². The largest absolute Gasteiger partial charge is 0.444 e. The molecule has 6 rings (SSSR count). The van der Waals surface area contributed by atoms with E-state index >= 15 is 0 Å². The number of hydrogen-bond donors (Lipinski definition) is 2. The number of amides is 3. The average molecular weight is 601 g/mol. The molecular formula is C33H46F2N4O4. The summed E-state index contributed by atoms with van der Waals surface area (Å²) in [4.78, 5) is 45.1. The van der Waals surface area contributed by atoms with Crippen LogP contribution in [0.5, 0.6) is 0 Å². The highest BCUT2D eigenvalue weighted by Crippen LogP contribution is 2.54. The highest BCUT2D eigenvalue weighted by molar-refractivity contribution is 5.93. The Morgan fingerprint density at radius 3 is 2.35 bits per heavy atom. The minimum atomic E-state index is -2.65. The normalized spacial score (nSPS) is 33.2. The number of benzene rings is 1. The summed E-state index contributed by atoms with van der Waals surface area (Å²) in [7, 11) is 0. The van der Waals surface area contributed by atoms with Gasteiger partial charge in [-0.05, 0) is 84.1 Å². The molecule has 0 bridgehead atoms. The number of carbonyl (C=O) groups is 3. The fourth-order valence-electron chi connectivity index (χ4n) is 8.09. The van der Waals surface area contributed by atoms with Crippen molar-refractivity contribution in [3.8, 4) is 0 Å². The van der Waals surface area contributed by atoms with Gasteiger partial charge in [0.1, 0.15) is 17.7 Å². The summed E-state index contributed by atoms with van der Waals surface area (Å²) in [5, 5.41) is 6.26. The second-order valence-corrected chi connectivity index (χ2v) is 14.6. The summed E-state index contributed by atoms with van der Waals surface area (Å²) in [6, 6.07) is 8.30. The molecule has 0 unspecified atom stereocenters. The van der Waals surface area contributed by atoms with Gasteiger partial charge in [-0.25, -0.2) is 13.6 Å². The number of nitrogens with zero attached hydrogens (tertiary/aromatic N) is 2. The predicted molar refractivity (Wildman–Crippen MR) is 158 cm³/mol. The van der Waals surface area contributed by atoms with Crippen molar-refractivity contribution in [3.05, 3.63) is 35.9 Å². The van der Waals surface area contributed by atoms with Gasteiger partial charge in [-0.1, -0.05) is 30.3 Å². The molecule has 0 aromatic heterocycles. The third-order valence-corrected chi connectivity index (χ3v) is 10.2. The molecule has 3 amide bonds. The van der Waals surface area contributed by atoms with E-state index in [2.05, 4.69) is 27.7 Å². The summed E-state index contributed by atoms with van der Waals surface area (Å²) in [6.07, 6.45) is 5.07. The molecule has 1 spiro atoms. The second kappa shape index (κ2) is 11.3. The highest BCUT2D eigenvalue weighted by Gasteiger charge is 2.58. The summed E-state index contributed by atoms with van der Waals surface area (Å²) in [5.41, 5.74) is 0.377. The van der Waals surface area contributed by atoms with E-state index in [1.54, 1.807) is 25.7 Å².